The Bertz CT molecular complexity index is 500. The Hall–Kier alpha value is -0.990. The SMILES string of the molecule is Clc1ccc2c(CCNC3CC3)c[nH]c2c1. The van der Waals surface area contributed by atoms with Crippen molar-refractivity contribution in [1.82, 2.24) is 10.3 Å². The molecule has 1 fully saturated rings. The van der Waals surface area contributed by atoms with E-state index in [1.165, 1.54) is 23.8 Å². The molecule has 0 radical (unpaired) electrons. The van der Waals surface area contributed by atoms with Gasteiger partial charge in [-0.1, -0.05) is 17.7 Å². The molecule has 1 heterocycles. The van der Waals surface area contributed by atoms with Crippen LogP contribution in [0, 0.1) is 0 Å². The quantitative estimate of drug-likeness (QED) is 0.836. The number of H-pyrrole nitrogens is 1. The molecule has 1 aromatic carbocycles. The van der Waals surface area contributed by atoms with Crippen molar-refractivity contribution in [1.29, 1.82) is 0 Å². The summed E-state index contributed by atoms with van der Waals surface area (Å²) in [6.07, 6.45) is 5.88. The lowest BCUT2D eigenvalue weighted by atomic mass is 10.1. The molecule has 1 aromatic heterocycles. The van der Waals surface area contributed by atoms with E-state index < -0.39 is 0 Å². The number of rotatable bonds is 4. The Balaban J connectivity index is 1.75. The monoisotopic (exact) mass is 234 g/mol. The first-order valence-electron chi connectivity index (χ1n) is 5.82. The van der Waals surface area contributed by atoms with Gasteiger partial charge in [0.15, 0.2) is 0 Å². The predicted molar refractivity (Wildman–Crippen MR) is 68.0 cm³/mol. The van der Waals surface area contributed by atoms with E-state index in [2.05, 4.69) is 22.6 Å². The Labute approximate surface area is 100.0 Å². The van der Waals surface area contributed by atoms with Gasteiger partial charge < -0.3 is 10.3 Å². The van der Waals surface area contributed by atoms with Crippen LogP contribution in [0.3, 0.4) is 0 Å². The van der Waals surface area contributed by atoms with Gasteiger partial charge in [0.25, 0.3) is 0 Å². The minimum atomic E-state index is 0.789. The highest BCUT2D eigenvalue weighted by atomic mass is 35.5. The van der Waals surface area contributed by atoms with Gasteiger partial charge in [-0.15, -0.1) is 0 Å². The van der Waals surface area contributed by atoms with E-state index in [1.807, 2.05) is 12.1 Å². The second-order valence-electron chi connectivity index (χ2n) is 4.48. The second-order valence-corrected chi connectivity index (χ2v) is 4.92. The van der Waals surface area contributed by atoms with Crippen LogP contribution in [0.25, 0.3) is 10.9 Å². The van der Waals surface area contributed by atoms with Crippen LogP contribution in [0.5, 0.6) is 0 Å². The number of benzene rings is 1. The first kappa shape index (κ1) is 10.2. The number of nitrogens with one attached hydrogen (secondary N) is 2. The van der Waals surface area contributed by atoms with Crippen molar-refractivity contribution in [3.8, 4) is 0 Å². The van der Waals surface area contributed by atoms with Crippen molar-refractivity contribution < 1.29 is 0 Å². The molecule has 2 nitrogen and oxygen atoms in total. The van der Waals surface area contributed by atoms with Crippen LogP contribution in [0.2, 0.25) is 5.02 Å². The average molecular weight is 235 g/mol. The molecule has 16 heavy (non-hydrogen) atoms. The van der Waals surface area contributed by atoms with Gasteiger partial charge >= 0.3 is 0 Å². The molecule has 1 aliphatic carbocycles. The lowest BCUT2D eigenvalue weighted by Crippen LogP contribution is -2.19. The Morgan fingerprint density at radius 3 is 3.06 bits per heavy atom. The topological polar surface area (TPSA) is 27.8 Å². The molecule has 0 amide bonds. The van der Waals surface area contributed by atoms with E-state index in [0.29, 0.717) is 0 Å². The molecule has 2 N–H and O–H groups in total. The molecule has 0 bridgehead atoms. The van der Waals surface area contributed by atoms with E-state index in [4.69, 9.17) is 11.6 Å². The predicted octanol–water partition coefficient (Wildman–Crippen LogP) is 3.12. The number of aromatic amines is 1. The van der Waals surface area contributed by atoms with Gasteiger partial charge in [-0.3, -0.25) is 0 Å². The molecule has 0 atom stereocenters. The summed E-state index contributed by atoms with van der Waals surface area (Å²) in [5.74, 6) is 0. The normalized spacial score (nSPS) is 15.8. The van der Waals surface area contributed by atoms with E-state index >= 15 is 0 Å². The minimum absolute atomic E-state index is 0.789. The fourth-order valence-corrected chi connectivity index (χ4v) is 2.24. The maximum absolute atomic E-state index is 5.95. The van der Waals surface area contributed by atoms with Crippen LogP contribution in [0.1, 0.15) is 18.4 Å². The van der Waals surface area contributed by atoms with Crippen molar-refractivity contribution in [3.63, 3.8) is 0 Å². The average Bonchev–Trinajstić information content (AvgIpc) is 3.00. The van der Waals surface area contributed by atoms with Crippen LogP contribution in [-0.4, -0.2) is 17.6 Å². The molecular weight excluding hydrogens is 220 g/mol. The van der Waals surface area contributed by atoms with Gasteiger partial charge in [0.2, 0.25) is 0 Å². The van der Waals surface area contributed by atoms with Crippen molar-refractivity contribution in [2.24, 2.45) is 0 Å². The molecule has 3 rings (SSSR count). The highest BCUT2D eigenvalue weighted by molar-refractivity contribution is 6.31. The zero-order valence-electron chi connectivity index (χ0n) is 9.09. The van der Waals surface area contributed by atoms with E-state index in [1.54, 1.807) is 0 Å². The maximum Gasteiger partial charge on any atom is 0.0471 e. The fourth-order valence-electron chi connectivity index (χ4n) is 2.06. The van der Waals surface area contributed by atoms with Gasteiger partial charge in [-0.05, 0) is 43.5 Å². The zero-order chi connectivity index (χ0) is 11.0. The van der Waals surface area contributed by atoms with Gasteiger partial charge in [0, 0.05) is 28.2 Å². The van der Waals surface area contributed by atoms with Crippen LogP contribution in [0.15, 0.2) is 24.4 Å². The van der Waals surface area contributed by atoms with Crippen molar-refractivity contribution in [3.05, 3.63) is 35.0 Å². The number of fused-ring (bicyclic) bond motifs is 1. The summed E-state index contributed by atoms with van der Waals surface area (Å²) in [6, 6.07) is 6.82. The van der Waals surface area contributed by atoms with Crippen LogP contribution < -0.4 is 5.32 Å². The Morgan fingerprint density at radius 2 is 2.25 bits per heavy atom. The summed E-state index contributed by atoms with van der Waals surface area (Å²) in [5, 5.41) is 5.61. The third kappa shape index (κ3) is 2.08. The molecule has 84 valence electrons. The molecule has 0 aliphatic heterocycles. The molecular formula is C13H15ClN2. The van der Waals surface area contributed by atoms with Gasteiger partial charge in [-0.25, -0.2) is 0 Å². The molecule has 1 saturated carbocycles. The summed E-state index contributed by atoms with van der Waals surface area (Å²) in [4.78, 5) is 3.27. The summed E-state index contributed by atoms with van der Waals surface area (Å²) in [6.45, 7) is 1.07. The third-order valence-electron chi connectivity index (χ3n) is 3.13. The Kier molecular flexibility index (Phi) is 2.62. The second kappa shape index (κ2) is 4.11. The molecule has 0 saturated heterocycles. The number of hydrogen-bond acceptors (Lipinski definition) is 1. The van der Waals surface area contributed by atoms with E-state index in [9.17, 15) is 0 Å². The Morgan fingerprint density at radius 1 is 1.38 bits per heavy atom. The van der Waals surface area contributed by atoms with Crippen LogP contribution in [-0.2, 0) is 6.42 Å². The molecule has 1 aliphatic rings. The summed E-state index contributed by atoms with van der Waals surface area (Å²) in [5.41, 5.74) is 2.51. The first-order chi connectivity index (χ1) is 7.83. The van der Waals surface area contributed by atoms with Crippen LogP contribution >= 0.6 is 11.6 Å². The first-order valence-corrected chi connectivity index (χ1v) is 6.19. The molecule has 2 aromatic rings. The van der Waals surface area contributed by atoms with Crippen molar-refractivity contribution in [2.45, 2.75) is 25.3 Å². The molecule has 3 heteroatoms. The summed E-state index contributed by atoms with van der Waals surface area (Å²) < 4.78 is 0. The van der Waals surface area contributed by atoms with E-state index in [0.717, 1.165) is 29.5 Å². The van der Waals surface area contributed by atoms with Gasteiger partial charge in [0.05, 0.1) is 0 Å². The number of halogens is 1. The lowest BCUT2D eigenvalue weighted by Gasteiger charge is -2.01. The maximum atomic E-state index is 5.95. The number of aromatic nitrogens is 1. The largest absolute Gasteiger partial charge is 0.361 e. The van der Waals surface area contributed by atoms with Crippen LogP contribution in [0.4, 0.5) is 0 Å². The minimum Gasteiger partial charge on any atom is -0.361 e. The standard InChI is InChI=1S/C13H15ClN2/c14-10-1-4-12-9(8-16-13(12)7-10)5-6-15-11-2-3-11/h1,4,7-8,11,15-16H,2-3,5-6H2. The summed E-state index contributed by atoms with van der Waals surface area (Å²) in [7, 11) is 0. The third-order valence-corrected chi connectivity index (χ3v) is 3.37. The smallest absolute Gasteiger partial charge is 0.0471 e. The zero-order valence-corrected chi connectivity index (χ0v) is 9.85. The van der Waals surface area contributed by atoms with Crippen molar-refractivity contribution in [2.75, 3.05) is 6.54 Å². The highest BCUT2D eigenvalue weighted by Crippen LogP contribution is 2.23. The molecule has 0 spiro atoms. The van der Waals surface area contributed by atoms with Gasteiger partial charge in [-0.2, -0.15) is 0 Å². The lowest BCUT2D eigenvalue weighted by molar-refractivity contribution is 0.683. The van der Waals surface area contributed by atoms with Crippen molar-refractivity contribution >= 4 is 22.5 Å². The summed E-state index contributed by atoms with van der Waals surface area (Å²) >= 11 is 5.95. The highest BCUT2D eigenvalue weighted by Gasteiger charge is 2.19. The molecule has 0 unspecified atom stereocenters. The van der Waals surface area contributed by atoms with E-state index in [-0.39, 0.29) is 0 Å². The van der Waals surface area contributed by atoms with Gasteiger partial charge in [0.1, 0.15) is 0 Å². The fraction of sp³-hybridized carbons (Fsp3) is 0.385. The number of hydrogen-bond donors (Lipinski definition) is 2.